The summed E-state index contributed by atoms with van der Waals surface area (Å²) in [5.74, 6) is 0.646. The Balaban J connectivity index is 2.04. The Morgan fingerprint density at radius 3 is 1.79 bits per heavy atom. The Hall–Kier alpha value is -1.06. The van der Waals surface area contributed by atoms with E-state index < -0.39 is 0 Å². The molecule has 2 atom stereocenters. The molecule has 1 aliphatic rings. The lowest BCUT2D eigenvalue weighted by atomic mass is 9.81. The van der Waals surface area contributed by atoms with Gasteiger partial charge in [0.25, 0.3) is 0 Å². The van der Waals surface area contributed by atoms with Crippen LogP contribution in [0.15, 0.2) is 0 Å². The molecule has 0 aromatic rings. The van der Waals surface area contributed by atoms with E-state index in [0.29, 0.717) is 25.6 Å². The van der Waals surface area contributed by atoms with Crippen LogP contribution >= 0.6 is 0 Å². The van der Waals surface area contributed by atoms with Crippen LogP contribution in [0.2, 0.25) is 0 Å². The molecule has 0 saturated heterocycles. The third-order valence-electron chi connectivity index (χ3n) is 5.82. The van der Waals surface area contributed by atoms with Gasteiger partial charge >= 0.3 is 11.9 Å². The van der Waals surface area contributed by atoms with Gasteiger partial charge in [-0.25, -0.2) is 0 Å². The summed E-state index contributed by atoms with van der Waals surface area (Å²) in [6.07, 6.45) is 14.5. The maximum atomic E-state index is 12.3. The maximum Gasteiger partial charge on any atom is 0.308 e. The Morgan fingerprint density at radius 2 is 1.24 bits per heavy atom. The summed E-state index contributed by atoms with van der Waals surface area (Å²) >= 11 is 0. The molecule has 0 amide bonds. The van der Waals surface area contributed by atoms with Crippen LogP contribution in [0.1, 0.15) is 111 Å². The highest BCUT2D eigenvalue weighted by molar-refractivity contribution is 5.76. The van der Waals surface area contributed by atoms with E-state index in [-0.39, 0.29) is 23.8 Å². The number of rotatable bonds is 15. The van der Waals surface area contributed by atoms with Crippen molar-refractivity contribution in [1.29, 1.82) is 0 Å². The van der Waals surface area contributed by atoms with Crippen molar-refractivity contribution in [1.82, 2.24) is 0 Å². The fourth-order valence-corrected chi connectivity index (χ4v) is 3.99. The van der Waals surface area contributed by atoms with Gasteiger partial charge in [-0.1, -0.05) is 85.5 Å². The molecule has 1 fully saturated rings. The summed E-state index contributed by atoms with van der Waals surface area (Å²) in [5, 5.41) is 0. The van der Waals surface area contributed by atoms with Crippen LogP contribution in [-0.4, -0.2) is 25.2 Å². The summed E-state index contributed by atoms with van der Waals surface area (Å²) in [6, 6.07) is 0. The van der Waals surface area contributed by atoms with Crippen molar-refractivity contribution >= 4 is 11.9 Å². The fraction of sp³-hybridized carbons (Fsp3) is 0.920. The molecule has 0 aliphatic heterocycles. The van der Waals surface area contributed by atoms with Gasteiger partial charge in [-0.15, -0.1) is 0 Å². The van der Waals surface area contributed by atoms with Crippen LogP contribution < -0.4 is 0 Å². The number of ether oxygens (including phenoxy) is 2. The highest BCUT2D eigenvalue weighted by atomic mass is 16.5. The first-order valence-corrected chi connectivity index (χ1v) is 12.2. The van der Waals surface area contributed by atoms with Gasteiger partial charge in [0.05, 0.1) is 25.0 Å². The number of carbonyl (C=O) groups excluding carboxylic acids is 2. The Labute approximate surface area is 179 Å². The molecule has 0 spiro atoms. The Morgan fingerprint density at radius 1 is 0.724 bits per heavy atom. The fourth-order valence-electron chi connectivity index (χ4n) is 3.99. The molecule has 2 unspecified atom stereocenters. The minimum atomic E-state index is -0.139. The maximum absolute atomic E-state index is 12.3. The topological polar surface area (TPSA) is 52.6 Å². The second-order valence-corrected chi connectivity index (χ2v) is 9.76. The molecule has 0 N–H and O–H groups in total. The largest absolute Gasteiger partial charge is 0.465 e. The number of hydrogen-bond donors (Lipinski definition) is 0. The van der Waals surface area contributed by atoms with Crippen LogP contribution in [0.25, 0.3) is 0 Å². The van der Waals surface area contributed by atoms with Crippen LogP contribution in [-0.2, 0) is 19.1 Å². The van der Waals surface area contributed by atoms with Crippen molar-refractivity contribution in [2.24, 2.45) is 23.7 Å². The summed E-state index contributed by atoms with van der Waals surface area (Å²) in [6.45, 7) is 9.63. The number of carbonyl (C=O) groups is 2. The first kappa shape index (κ1) is 26.0. The van der Waals surface area contributed by atoms with Gasteiger partial charge in [0.2, 0.25) is 0 Å². The monoisotopic (exact) mass is 410 g/mol. The van der Waals surface area contributed by atoms with Crippen LogP contribution in [0, 0.1) is 23.7 Å². The van der Waals surface area contributed by atoms with E-state index >= 15 is 0 Å². The van der Waals surface area contributed by atoms with Crippen LogP contribution in [0.4, 0.5) is 0 Å². The van der Waals surface area contributed by atoms with Gasteiger partial charge in [0.15, 0.2) is 0 Å². The van der Waals surface area contributed by atoms with Crippen molar-refractivity contribution < 1.29 is 19.1 Å². The van der Waals surface area contributed by atoms with Crippen molar-refractivity contribution in [3.05, 3.63) is 0 Å². The molecular weight excluding hydrogens is 364 g/mol. The molecule has 0 aromatic carbocycles. The molecule has 0 radical (unpaired) electrons. The second-order valence-electron chi connectivity index (χ2n) is 9.76. The normalized spacial score (nSPS) is 19.5. The standard InChI is InChI=1S/C25H46O4/c1-20(2)14-11-9-7-5-6-8-10-12-17-28-24(26)22-15-13-16-23(18-22)25(27)29-19-21(3)4/h20-23H,5-19H2,1-4H3. The zero-order valence-electron chi connectivity index (χ0n) is 19.5. The Bertz CT molecular complexity index is 444. The molecule has 0 heterocycles. The summed E-state index contributed by atoms with van der Waals surface area (Å²) < 4.78 is 10.9. The van der Waals surface area contributed by atoms with Crippen LogP contribution in [0.3, 0.4) is 0 Å². The van der Waals surface area contributed by atoms with E-state index in [1.165, 1.54) is 44.9 Å². The van der Waals surface area contributed by atoms with E-state index in [1.807, 2.05) is 13.8 Å². The first-order valence-electron chi connectivity index (χ1n) is 12.2. The van der Waals surface area contributed by atoms with E-state index in [9.17, 15) is 9.59 Å². The minimum Gasteiger partial charge on any atom is -0.465 e. The Kier molecular flexibility index (Phi) is 14.1. The second kappa shape index (κ2) is 15.7. The predicted octanol–water partition coefficient (Wildman–Crippen LogP) is 6.70. The minimum absolute atomic E-state index is 0.114. The molecular formula is C25H46O4. The quantitative estimate of drug-likeness (QED) is 0.222. The lowest BCUT2D eigenvalue weighted by Gasteiger charge is -2.26. The van der Waals surface area contributed by atoms with Gasteiger partial charge in [0, 0.05) is 0 Å². The van der Waals surface area contributed by atoms with Crippen molar-refractivity contribution in [2.45, 2.75) is 111 Å². The van der Waals surface area contributed by atoms with Gasteiger partial charge in [-0.2, -0.15) is 0 Å². The van der Waals surface area contributed by atoms with Crippen molar-refractivity contribution in [3.63, 3.8) is 0 Å². The van der Waals surface area contributed by atoms with Crippen molar-refractivity contribution in [2.75, 3.05) is 13.2 Å². The summed E-state index contributed by atoms with van der Waals surface area (Å²) in [7, 11) is 0. The first-order chi connectivity index (χ1) is 13.9. The van der Waals surface area contributed by atoms with Crippen LogP contribution in [0.5, 0.6) is 0 Å². The molecule has 1 rings (SSSR count). The van der Waals surface area contributed by atoms with Gasteiger partial charge in [-0.05, 0) is 37.5 Å². The van der Waals surface area contributed by atoms with E-state index in [0.717, 1.165) is 38.0 Å². The lowest BCUT2D eigenvalue weighted by molar-refractivity contribution is -0.155. The predicted molar refractivity (Wildman–Crippen MR) is 119 cm³/mol. The highest BCUT2D eigenvalue weighted by Gasteiger charge is 2.33. The number of esters is 2. The average Bonchev–Trinajstić information content (AvgIpc) is 2.69. The van der Waals surface area contributed by atoms with E-state index in [2.05, 4.69) is 13.8 Å². The van der Waals surface area contributed by atoms with Gasteiger partial charge < -0.3 is 9.47 Å². The van der Waals surface area contributed by atoms with Gasteiger partial charge in [-0.3, -0.25) is 9.59 Å². The summed E-state index contributed by atoms with van der Waals surface area (Å²) in [5.41, 5.74) is 0. The molecule has 1 saturated carbocycles. The SMILES string of the molecule is CC(C)CCCCCCCCCCOC(=O)C1CCCC(C(=O)OCC(C)C)C1. The number of unbranched alkanes of at least 4 members (excludes halogenated alkanes) is 7. The molecule has 29 heavy (non-hydrogen) atoms. The summed E-state index contributed by atoms with van der Waals surface area (Å²) in [4.78, 5) is 24.5. The molecule has 0 aromatic heterocycles. The third kappa shape index (κ3) is 13.0. The molecule has 4 heteroatoms. The zero-order chi connectivity index (χ0) is 21.5. The highest BCUT2D eigenvalue weighted by Crippen LogP contribution is 2.31. The van der Waals surface area contributed by atoms with E-state index in [4.69, 9.17) is 9.47 Å². The van der Waals surface area contributed by atoms with E-state index in [1.54, 1.807) is 0 Å². The average molecular weight is 411 g/mol. The molecule has 0 bridgehead atoms. The smallest absolute Gasteiger partial charge is 0.308 e. The van der Waals surface area contributed by atoms with Crippen molar-refractivity contribution in [3.8, 4) is 0 Å². The molecule has 4 nitrogen and oxygen atoms in total. The van der Waals surface area contributed by atoms with Gasteiger partial charge in [0.1, 0.15) is 0 Å². The lowest BCUT2D eigenvalue weighted by Crippen LogP contribution is -2.30. The molecule has 1 aliphatic carbocycles. The third-order valence-corrected chi connectivity index (χ3v) is 5.82. The number of hydrogen-bond acceptors (Lipinski definition) is 4. The molecule has 170 valence electrons. The zero-order valence-corrected chi connectivity index (χ0v) is 19.5.